The van der Waals surface area contributed by atoms with Crippen molar-refractivity contribution in [1.82, 2.24) is 15.0 Å². The van der Waals surface area contributed by atoms with Gasteiger partial charge in [0.25, 0.3) is 0 Å². The standard InChI is InChI=1S/C22H18N6/c1-14(15-5-3-2-4-6-15)28-22-19-10-16(7-8-20(19)26-13-27-22)18-9-17(11-23)21(24)25-12-18/h2-10,12-14H,1H3,(H2,24,25)(H,26,27,28). The monoisotopic (exact) mass is 366 g/mol. The summed E-state index contributed by atoms with van der Waals surface area (Å²) in [6.07, 6.45) is 3.22. The van der Waals surface area contributed by atoms with E-state index in [-0.39, 0.29) is 11.9 Å². The van der Waals surface area contributed by atoms with E-state index < -0.39 is 0 Å². The molecule has 0 amide bonds. The van der Waals surface area contributed by atoms with Gasteiger partial charge in [0.1, 0.15) is 24.0 Å². The molecule has 0 radical (unpaired) electrons. The molecule has 0 aliphatic heterocycles. The summed E-state index contributed by atoms with van der Waals surface area (Å²) in [5.74, 6) is 0.988. The average Bonchev–Trinajstić information content (AvgIpc) is 2.74. The van der Waals surface area contributed by atoms with Crippen molar-refractivity contribution in [3.8, 4) is 17.2 Å². The van der Waals surface area contributed by atoms with E-state index in [2.05, 4.69) is 45.4 Å². The summed E-state index contributed by atoms with van der Waals surface area (Å²) >= 11 is 0. The zero-order chi connectivity index (χ0) is 19.5. The van der Waals surface area contributed by atoms with Gasteiger partial charge >= 0.3 is 0 Å². The lowest BCUT2D eigenvalue weighted by atomic mass is 10.0. The van der Waals surface area contributed by atoms with Crippen LogP contribution in [-0.2, 0) is 0 Å². The molecule has 2 heterocycles. The van der Waals surface area contributed by atoms with Crippen LogP contribution < -0.4 is 11.1 Å². The van der Waals surface area contributed by atoms with E-state index in [1.165, 1.54) is 5.56 Å². The number of anilines is 2. The molecule has 2 aromatic carbocycles. The van der Waals surface area contributed by atoms with Gasteiger partial charge in [0.15, 0.2) is 0 Å². The van der Waals surface area contributed by atoms with Crippen LogP contribution >= 0.6 is 0 Å². The number of nitrogens with two attached hydrogens (primary N) is 1. The fraction of sp³-hybridized carbons (Fsp3) is 0.0909. The highest BCUT2D eigenvalue weighted by Crippen LogP contribution is 2.29. The SMILES string of the molecule is CC(Nc1ncnc2ccc(-c3cnc(N)c(C#N)c3)cc12)c1ccccc1. The Morgan fingerprint density at radius 3 is 2.61 bits per heavy atom. The van der Waals surface area contributed by atoms with E-state index in [0.717, 1.165) is 27.8 Å². The Morgan fingerprint density at radius 2 is 1.82 bits per heavy atom. The number of nitrogens with zero attached hydrogens (tertiary/aromatic N) is 4. The topological polar surface area (TPSA) is 101 Å². The molecule has 2 aromatic heterocycles. The Balaban J connectivity index is 1.75. The molecule has 1 unspecified atom stereocenters. The minimum Gasteiger partial charge on any atom is -0.383 e. The van der Waals surface area contributed by atoms with E-state index in [1.54, 1.807) is 18.6 Å². The number of benzene rings is 2. The largest absolute Gasteiger partial charge is 0.383 e. The summed E-state index contributed by atoms with van der Waals surface area (Å²) in [5.41, 5.74) is 9.85. The molecule has 28 heavy (non-hydrogen) atoms. The first-order valence-corrected chi connectivity index (χ1v) is 8.88. The molecule has 0 spiro atoms. The smallest absolute Gasteiger partial charge is 0.141 e. The van der Waals surface area contributed by atoms with Crippen molar-refractivity contribution >= 4 is 22.5 Å². The minimum absolute atomic E-state index is 0.0892. The first kappa shape index (κ1) is 17.4. The number of nitrogens with one attached hydrogen (secondary N) is 1. The predicted octanol–water partition coefficient (Wildman–Crippen LogP) is 4.32. The Labute approximate surface area is 162 Å². The molecule has 0 saturated heterocycles. The number of nitrogen functional groups attached to an aromatic ring is 1. The Kier molecular flexibility index (Phi) is 4.56. The number of rotatable bonds is 4. The van der Waals surface area contributed by atoms with Gasteiger partial charge in [-0.15, -0.1) is 0 Å². The number of hydrogen-bond acceptors (Lipinski definition) is 6. The number of hydrogen-bond donors (Lipinski definition) is 2. The molecule has 0 fully saturated rings. The number of pyridine rings is 1. The minimum atomic E-state index is 0.0892. The summed E-state index contributed by atoms with van der Waals surface area (Å²) in [5, 5.41) is 13.6. The summed E-state index contributed by atoms with van der Waals surface area (Å²) in [6, 6.07) is 20.0. The maximum Gasteiger partial charge on any atom is 0.141 e. The third-order valence-corrected chi connectivity index (χ3v) is 4.66. The summed E-state index contributed by atoms with van der Waals surface area (Å²) in [6.45, 7) is 2.09. The lowest BCUT2D eigenvalue weighted by Gasteiger charge is -2.16. The molecule has 6 nitrogen and oxygen atoms in total. The van der Waals surface area contributed by atoms with Crippen molar-refractivity contribution in [3.05, 3.63) is 78.2 Å². The molecular formula is C22H18N6. The van der Waals surface area contributed by atoms with Crippen molar-refractivity contribution in [3.63, 3.8) is 0 Å². The van der Waals surface area contributed by atoms with Gasteiger partial charge in [0, 0.05) is 23.2 Å². The molecule has 1 atom stereocenters. The van der Waals surface area contributed by atoms with Crippen molar-refractivity contribution in [2.24, 2.45) is 0 Å². The van der Waals surface area contributed by atoms with Gasteiger partial charge in [-0.25, -0.2) is 15.0 Å². The number of nitriles is 1. The fourth-order valence-corrected chi connectivity index (χ4v) is 3.10. The lowest BCUT2D eigenvalue weighted by molar-refractivity contribution is 0.876. The van der Waals surface area contributed by atoms with Crippen molar-refractivity contribution < 1.29 is 0 Å². The van der Waals surface area contributed by atoms with E-state index >= 15 is 0 Å². The highest BCUT2D eigenvalue weighted by atomic mass is 15.0. The van der Waals surface area contributed by atoms with Gasteiger partial charge in [0.2, 0.25) is 0 Å². The second-order valence-electron chi connectivity index (χ2n) is 6.50. The first-order valence-electron chi connectivity index (χ1n) is 8.88. The van der Waals surface area contributed by atoms with Gasteiger partial charge in [-0.1, -0.05) is 36.4 Å². The maximum atomic E-state index is 9.21. The molecule has 3 N–H and O–H groups in total. The van der Waals surface area contributed by atoms with Crippen LogP contribution in [0.1, 0.15) is 24.1 Å². The van der Waals surface area contributed by atoms with Crippen LogP contribution in [0, 0.1) is 11.3 Å². The van der Waals surface area contributed by atoms with Crippen LogP contribution in [0.15, 0.2) is 67.1 Å². The van der Waals surface area contributed by atoms with Crippen LogP contribution in [-0.4, -0.2) is 15.0 Å². The van der Waals surface area contributed by atoms with Crippen LogP contribution in [0.3, 0.4) is 0 Å². The zero-order valence-electron chi connectivity index (χ0n) is 15.3. The average molecular weight is 366 g/mol. The summed E-state index contributed by atoms with van der Waals surface area (Å²) in [7, 11) is 0. The van der Waals surface area contributed by atoms with Crippen LogP contribution in [0.5, 0.6) is 0 Å². The van der Waals surface area contributed by atoms with Gasteiger partial charge in [0.05, 0.1) is 11.1 Å². The quantitative estimate of drug-likeness (QED) is 0.558. The van der Waals surface area contributed by atoms with Crippen LogP contribution in [0.4, 0.5) is 11.6 Å². The third kappa shape index (κ3) is 3.33. The van der Waals surface area contributed by atoms with E-state index in [0.29, 0.717) is 5.56 Å². The molecule has 0 saturated carbocycles. The maximum absolute atomic E-state index is 9.21. The van der Waals surface area contributed by atoms with Gasteiger partial charge < -0.3 is 11.1 Å². The van der Waals surface area contributed by atoms with Crippen molar-refractivity contribution in [2.45, 2.75) is 13.0 Å². The Morgan fingerprint density at radius 1 is 1.00 bits per heavy atom. The highest BCUT2D eigenvalue weighted by molar-refractivity contribution is 5.92. The first-order chi connectivity index (χ1) is 13.7. The molecule has 6 heteroatoms. The van der Waals surface area contributed by atoms with Crippen LogP contribution in [0.2, 0.25) is 0 Å². The molecule has 0 aliphatic rings. The second kappa shape index (κ2) is 7.33. The van der Waals surface area contributed by atoms with Crippen molar-refractivity contribution in [1.29, 1.82) is 5.26 Å². The third-order valence-electron chi connectivity index (χ3n) is 4.66. The molecule has 0 aliphatic carbocycles. The number of aromatic nitrogens is 3. The Bertz CT molecular complexity index is 1180. The van der Waals surface area contributed by atoms with E-state index in [4.69, 9.17) is 5.73 Å². The number of fused-ring (bicyclic) bond motifs is 1. The zero-order valence-corrected chi connectivity index (χ0v) is 15.3. The highest BCUT2D eigenvalue weighted by Gasteiger charge is 2.11. The lowest BCUT2D eigenvalue weighted by Crippen LogP contribution is -2.08. The second-order valence-corrected chi connectivity index (χ2v) is 6.50. The van der Waals surface area contributed by atoms with Crippen LogP contribution in [0.25, 0.3) is 22.0 Å². The summed E-state index contributed by atoms with van der Waals surface area (Å²) in [4.78, 5) is 12.9. The van der Waals surface area contributed by atoms with Gasteiger partial charge in [-0.05, 0) is 36.2 Å². The summed E-state index contributed by atoms with van der Waals surface area (Å²) < 4.78 is 0. The van der Waals surface area contributed by atoms with Crippen molar-refractivity contribution in [2.75, 3.05) is 11.1 Å². The van der Waals surface area contributed by atoms with Gasteiger partial charge in [-0.3, -0.25) is 0 Å². The molecule has 136 valence electrons. The molecule has 4 aromatic rings. The Hall–Kier alpha value is -3.98. The normalized spacial score (nSPS) is 11.7. The van der Waals surface area contributed by atoms with Gasteiger partial charge in [-0.2, -0.15) is 5.26 Å². The molecular weight excluding hydrogens is 348 g/mol. The fourth-order valence-electron chi connectivity index (χ4n) is 3.10. The van der Waals surface area contributed by atoms with E-state index in [1.807, 2.05) is 36.4 Å². The predicted molar refractivity (Wildman–Crippen MR) is 110 cm³/mol. The molecule has 0 bridgehead atoms. The molecule has 4 rings (SSSR count). The van der Waals surface area contributed by atoms with E-state index in [9.17, 15) is 5.26 Å².